The highest BCUT2D eigenvalue weighted by molar-refractivity contribution is 9.10. The quantitative estimate of drug-likeness (QED) is 0.709. The van der Waals surface area contributed by atoms with Crippen LogP contribution in [0.4, 0.5) is 5.69 Å². The molecule has 1 aliphatic carbocycles. The number of halogens is 1. The summed E-state index contributed by atoms with van der Waals surface area (Å²) in [5.41, 5.74) is 3.39. The van der Waals surface area contributed by atoms with E-state index in [1.807, 2.05) is 56.3 Å². The molecule has 2 aromatic carbocycles. The van der Waals surface area contributed by atoms with Crippen LogP contribution in [0.3, 0.4) is 0 Å². The van der Waals surface area contributed by atoms with Gasteiger partial charge in [-0.05, 0) is 55.5 Å². The summed E-state index contributed by atoms with van der Waals surface area (Å²) in [5, 5.41) is 2.98. The Kier molecular flexibility index (Phi) is 6.23. The fraction of sp³-hybridized carbons (Fsp3) is 0.391. The molecule has 0 unspecified atom stereocenters. The average Bonchev–Trinajstić information content (AvgIpc) is 3.15. The molecule has 0 aromatic heterocycles. The number of amides is 2. The van der Waals surface area contributed by atoms with Crippen LogP contribution >= 0.6 is 15.9 Å². The first-order valence-corrected chi connectivity index (χ1v) is 10.5. The highest BCUT2D eigenvalue weighted by Gasteiger charge is 2.44. The first-order valence-electron chi connectivity index (χ1n) is 9.71. The third kappa shape index (κ3) is 4.14. The van der Waals surface area contributed by atoms with Gasteiger partial charge in [-0.25, -0.2) is 0 Å². The molecule has 0 spiro atoms. The minimum atomic E-state index is -0.520. The predicted molar refractivity (Wildman–Crippen MR) is 116 cm³/mol. The summed E-state index contributed by atoms with van der Waals surface area (Å²) in [6.45, 7) is 3.99. The summed E-state index contributed by atoms with van der Waals surface area (Å²) < 4.78 is 0.998. The fourth-order valence-electron chi connectivity index (χ4n) is 4.22. The number of benzene rings is 2. The smallest absolute Gasteiger partial charge is 0.243 e. The van der Waals surface area contributed by atoms with Crippen molar-refractivity contribution in [1.29, 1.82) is 0 Å². The van der Waals surface area contributed by atoms with Crippen LogP contribution < -0.4 is 5.32 Å². The summed E-state index contributed by atoms with van der Waals surface area (Å²) >= 11 is 3.47. The Morgan fingerprint density at radius 2 is 1.61 bits per heavy atom. The molecule has 5 heteroatoms. The molecule has 2 aromatic rings. The number of rotatable bonds is 5. The van der Waals surface area contributed by atoms with E-state index in [-0.39, 0.29) is 18.4 Å². The van der Waals surface area contributed by atoms with Crippen molar-refractivity contribution in [2.45, 2.75) is 44.9 Å². The normalized spacial score (nSPS) is 15.3. The van der Waals surface area contributed by atoms with Crippen molar-refractivity contribution in [1.82, 2.24) is 4.90 Å². The van der Waals surface area contributed by atoms with Gasteiger partial charge >= 0.3 is 0 Å². The molecule has 0 radical (unpaired) electrons. The summed E-state index contributed by atoms with van der Waals surface area (Å²) in [6, 6.07) is 13.9. The number of anilines is 1. The second-order valence-corrected chi connectivity index (χ2v) is 8.69. The molecule has 3 rings (SSSR count). The average molecular weight is 443 g/mol. The fourth-order valence-corrected chi connectivity index (χ4v) is 4.48. The molecule has 2 amide bonds. The molecule has 0 saturated heterocycles. The molecule has 0 bridgehead atoms. The maximum atomic E-state index is 13.4. The zero-order chi connectivity index (χ0) is 20.3. The molecule has 1 N–H and O–H groups in total. The minimum Gasteiger partial charge on any atom is -0.336 e. The van der Waals surface area contributed by atoms with Gasteiger partial charge in [0.1, 0.15) is 0 Å². The van der Waals surface area contributed by atoms with Crippen LogP contribution in [0.25, 0.3) is 0 Å². The summed E-state index contributed by atoms with van der Waals surface area (Å²) in [7, 11) is 1.73. The van der Waals surface area contributed by atoms with E-state index in [1.165, 1.54) is 0 Å². The first kappa shape index (κ1) is 20.6. The number of likely N-dealkylation sites (N-methyl/N-ethyl adjacent to an activating group) is 1. The Morgan fingerprint density at radius 3 is 2.18 bits per heavy atom. The van der Waals surface area contributed by atoms with Crippen molar-refractivity contribution in [3.05, 3.63) is 63.6 Å². The Balaban J connectivity index is 1.75. The molecular formula is C23H27BrN2O2. The Labute approximate surface area is 175 Å². The van der Waals surface area contributed by atoms with Gasteiger partial charge in [0.25, 0.3) is 0 Å². The molecule has 0 heterocycles. The van der Waals surface area contributed by atoms with Crippen LogP contribution in [0.2, 0.25) is 0 Å². The largest absolute Gasteiger partial charge is 0.336 e. The third-order valence-corrected chi connectivity index (χ3v) is 6.26. The number of para-hydroxylation sites is 1. The van der Waals surface area contributed by atoms with E-state index in [0.717, 1.165) is 52.5 Å². The van der Waals surface area contributed by atoms with E-state index in [9.17, 15) is 9.59 Å². The molecule has 1 saturated carbocycles. The van der Waals surface area contributed by atoms with E-state index < -0.39 is 5.41 Å². The van der Waals surface area contributed by atoms with Gasteiger partial charge in [-0.1, -0.05) is 59.1 Å². The van der Waals surface area contributed by atoms with Crippen LogP contribution in [-0.2, 0) is 15.0 Å². The second-order valence-electron chi connectivity index (χ2n) is 7.77. The molecule has 28 heavy (non-hydrogen) atoms. The van der Waals surface area contributed by atoms with Crippen molar-refractivity contribution >= 4 is 33.4 Å². The zero-order valence-electron chi connectivity index (χ0n) is 16.7. The van der Waals surface area contributed by atoms with Gasteiger partial charge in [0, 0.05) is 17.2 Å². The zero-order valence-corrected chi connectivity index (χ0v) is 18.3. The molecule has 1 aliphatic rings. The second kappa shape index (κ2) is 8.48. The van der Waals surface area contributed by atoms with Gasteiger partial charge in [-0.2, -0.15) is 0 Å². The van der Waals surface area contributed by atoms with Crippen molar-refractivity contribution in [3.8, 4) is 0 Å². The molecule has 0 atom stereocenters. The van der Waals surface area contributed by atoms with E-state index in [1.54, 1.807) is 11.9 Å². The first-order chi connectivity index (χ1) is 13.3. The lowest BCUT2D eigenvalue weighted by Crippen LogP contribution is -2.46. The number of nitrogens with zero attached hydrogens (tertiary/aromatic N) is 1. The topological polar surface area (TPSA) is 49.4 Å². The van der Waals surface area contributed by atoms with Gasteiger partial charge in [-0.15, -0.1) is 0 Å². The number of nitrogens with one attached hydrogen (secondary N) is 1. The predicted octanol–water partition coefficient (Wildman–Crippen LogP) is 4.97. The number of hydrogen-bond donors (Lipinski definition) is 1. The third-order valence-electron chi connectivity index (χ3n) is 5.74. The summed E-state index contributed by atoms with van der Waals surface area (Å²) in [4.78, 5) is 27.6. The van der Waals surface area contributed by atoms with Gasteiger partial charge < -0.3 is 10.2 Å². The van der Waals surface area contributed by atoms with Crippen molar-refractivity contribution in [2.75, 3.05) is 18.9 Å². The number of carbonyl (C=O) groups excluding carboxylic acids is 2. The molecule has 148 valence electrons. The molecule has 1 fully saturated rings. The molecular weight excluding hydrogens is 416 g/mol. The lowest BCUT2D eigenvalue weighted by Gasteiger charge is -2.33. The van der Waals surface area contributed by atoms with Crippen molar-refractivity contribution < 1.29 is 9.59 Å². The Morgan fingerprint density at radius 1 is 1.04 bits per heavy atom. The highest BCUT2D eigenvalue weighted by atomic mass is 79.9. The number of aryl methyl sites for hydroxylation is 2. The summed E-state index contributed by atoms with van der Waals surface area (Å²) in [6.07, 6.45) is 3.72. The Hall–Kier alpha value is -2.14. The van der Waals surface area contributed by atoms with Gasteiger partial charge in [0.05, 0.1) is 12.0 Å². The standard InChI is InChI=1S/C23H27BrN2O2/c1-16-7-6-8-17(2)21(16)25-20(27)15-26(3)22(28)23(13-4-5-14-23)18-9-11-19(24)12-10-18/h6-12H,4-5,13-15H2,1-3H3,(H,25,27). The van der Waals surface area contributed by atoms with Gasteiger partial charge in [-0.3, -0.25) is 9.59 Å². The number of hydrogen-bond acceptors (Lipinski definition) is 2. The number of carbonyl (C=O) groups is 2. The van der Waals surface area contributed by atoms with Crippen molar-refractivity contribution in [2.24, 2.45) is 0 Å². The highest BCUT2D eigenvalue weighted by Crippen LogP contribution is 2.42. The lowest BCUT2D eigenvalue weighted by molar-refractivity contribution is -0.138. The Bertz CT molecular complexity index is 850. The van der Waals surface area contributed by atoms with Crippen LogP contribution in [0.1, 0.15) is 42.4 Å². The van der Waals surface area contributed by atoms with E-state index in [4.69, 9.17) is 0 Å². The maximum Gasteiger partial charge on any atom is 0.243 e. The van der Waals surface area contributed by atoms with Crippen LogP contribution in [0.5, 0.6) is 0 Å². The molecule has 0 aliphatic heterocycles. The SMILES string of the molecule is Cc1cccc(C)c1NC(=O)CN(C)C(=O)C1(c2ccc(Br)cc2)CCCC1. The van der Waals surface area contributed by atoms with Gasteiger partial charge in [0.2, 0.25) is 11.8 Å². The van der Waals surface area contributed by atoms with Crippen LogP contribution in [0.15, 0.2) is 46.9 Å². The van der Waals surface area contributed by atoms with Gasteiger partial charge in [0.15, 0.2) is 0 Å². The summed E-state index contributed by atoms with van der Waals surface area (Å²) in [5.74, 6) is -0.138. The molecule has 4 nitrogen and oxygen atoms in total. The monoisotopic (exact) mass is 442 g/mol. The minimum absolute atomic E-state index is 0.0315. The lowest BCUT2D eigenvalue weighted by atomic mass is 9.77. The van der Waals surface area contributed by atoms with Crippen LogP contribution in [0, 0.1) is 13.8 Å². The van der Waals surface area contributed by atoms with E-state index >= 15 is 0 Å². The maximum absolute atomic E-state index is 13.4. The van der Waals surface area contributed by atoms with E-state index in [0.29, 0.717) is 0 Å². The van der Waals surface area contributed by atoms with Crippen molar-refractivity contribution in [3.63, 3.8) is 0 Å². The van der Waals surface area contributed by atoms with Crippen LogP contribution in [-0.4, -0.2) is 30.3 Å². The van der Waals surface area contributed by atoms with E-state index in [2.05, 4.69) is 21.2 Å².